The van der Waals surface area contributed by atoms with Crippen molar-refractivity contribution < 1.29 is 14.5 Å². The standard InChI is InChI=1S/C11H12N2O4/c1-7-3-4-10(13(16)17)9(5-7)12-11(15)6-8(2)14/h3-5H,6H2,1-2H3,(H,12,15). The van der Waals surface area contributed by atoms with E-state index in [2.05, 4.69) is 5.32 Å². The number of nitro groups is 1. The van der Waals surface area contributed by atoms with Gasteiger partial charge in [-0.25, -0.2) is 0 Å². The predicted molar refractivity (Wildman–Crippen MR) is 61.8 cm³/mol. The molecular formula is C11H12N2O4. The highest BCUT2D eigenvalue weighted by atomic mass is 16.6. The fourth-order valence-electron chi connectivity index (χ4n) is 1.33. The summed E-state index contributed by atoms with van der Waals surface area (Å²) in [6.45, 7) is 3.04. The molecule has 1 aromatic rings. The average Bonchev–Trinajstić information content (AvgIpc) is 2.15. The normalized spacial score (nSPS) is 9.76. The predicted octanol–water partition coefficient (Wildman–Crippen LogP) is 1.82. The molecule has 0 atom stereocenters. The molecule has 0 unspecified atom stereocenters. The largest absolute Gasteiger partial charge is 0.320 e. The van der Waals surface area contributed by atoms with Crippen LogP contribution in [0.25, 0.3) is 0 Å². The maximum atomic E-state index is 11.4. The third kappa shape index (κ3) is 3.67. The van der Waals surface area contributed by atoms with Crippen LogP contribution in [-0.4, -0.2) is 16.6 Å². The number of nitro benzene ring substituents is 1. The summed E-state index contributed by atoms with van der Waals surface area (Å²) in [6, 6.07) is 4.40. The smallest absolute Gasteiger partial charge is 0.292 e. The number of hydrogen-bond donors (Lipinski definition) is 1. The van der Waals surface area contributed by atoms with E-state index in [-0.39, 0.29) is 23.6 Å². The first kappa shape index (κ1) is 12.8. The average molecular weight is 236 g/mol. The lowest BCUT2D eigenvalue weighted by Crippen LogP contribution is -2.15. The van der Waals surface area contributed by atoms with Gasteiger partial charge in [-0.1, -0.05) is 6.07 Å². The molecule has 0 aliphatic heterocycles. The van der Waals surface area contributed by atoms with E-state index in [0.717, 1.165) is 5.56 Å². The Morgan fingerprint density at radius 3 is 2.59 bits per heavy atom. The molecule has 0 radical (unpaired) electrons. The van der Waals surface area contributed by atoms with Gasteiger partial charge in [0.2, 0.25) is 5.91 Å². The molecule has 1 amide bonds. The molecule has 0 aliphatic carbocycles. The first-order valence-electron chi connectivity index (χ1n) is 4.94. The number of benzene rings is 1. The molecule has 0 aromatic heterocycles. The van der Waals surface area contributed by atoms with Gasteiger partial charge in [0.1, 0.15) is 11.5 Å². The highest BCUT2D eigenvalue weighted by molar-refractivity contribution is 6.04. The van der Waals surface area contributed by atoms with Crippen LogP contribution in [0.2, 0.25) is 0 Å². The van der Waals surface area contributed by atoms with E-state index in [9.17, 15) is 19.7 Å². The fourth-order valence-corrected chi connectivity index (χ4v) is 1.33. The van der Waals surface area contributed by atoms with Crippen LogP contribution in [0.15, 0.2) is 18.2 Å². The van der Waals surface area contributed by atoms with Gasteiger partial charge in [0.05, 0.1) is 11.3 Å². The number of nitrogens with zero attached hydrogens (tertiary/aromatic N) is 1. The van der Waals surface area contributed by atoms with Gasteiger partial charge in [0, 0.05) is 6.07 Å². The number of carbonyl (C=O) groups is 2. The summed E-state index contributed by atoms with van der Waals surface area (Å²) in [5, 5.41) is 13.1. The maximum absolute atomic E-state index is 11.4. The molecule has 6 nitrogen and oxygen atoms in total. The Hall–Kier alpha value is -2.24. The third-order valence-corrected chi connectivity index (χ3v) is 2.03. The zero-order valence-electron chi connectivity index (χ0n) is 9.52. The van der Waals surface area contributed by atoms with Gasteiger partial charge in [0.25, 0.3) is 5.69 Å². The lowest BCUT2D eigenvalue weighted by molar-refractivity contribution is -0.383. The zero-order chi connectivity index (χ0) is 13.0. The lowest BCUT2D eigenvalue weighted by atomic mass is 10.2. The molecular weight excluding hydrogens is 224 g/mol. The van der Waals surface area contributed by atoms with E-state index in [0.29, 0.717) is 0 Å². The summed E-state index contributed by atoms with van der Waals surface area (Å²) in [5.74, 6) is -0.844. The molecule has 1 aromatic carbocycles. The van der Waals surface area contributed by atoms with Crippen molar-refractivity contribution in [1.29, 1.82) is 0 Å². The van der Waals surface area contributed by atoms with E-state index >= 15 is 0 Å². The Morgan fingerprint density at radius 1 is 1.41 bits per heavy atom. The highest BCUT2D eigenvalue weighted by Gasteiger charge is 2.16. The van der Waals surface area contributed by atoms with Crippen LogP contribution < -0.4 is 5.32 Å². The quantitative estimate of drug-likeness (QED) is 0.490. The molecule has 1 rings (SSSR count). The van der Waals surface area contributed by atoms with Crippen LogP contribution in [0.3, 0.4) is 0 Å². The molecule has 0 aliphatic rings. The first-order chi connectivity index (χ1) is 7.90. The van der Waals surface area contributed by atoms with Crippen molar-refractivity contribution in [3.63, 3.8) is 0 Å². The van der Waals surface area contributed by atoms with E-state index in [1.807, 2.05) is 0 Å². The SMILES string of the molecule is CC(=O)CC(=O)Nc1cc(C)ccc1[N+](=O)[O-]. The Balaban J connectivity index is 2.96. The van der Waals surface area contributed by atoms with Gasteiger partial charge in [-0.15, -0.1) is 0 Å². The van der Waals surface area contributed by atoms with Crippen LogP contribution in [-0.2, 0) is 9.59 Å². The van der Waals surface area contributed by atoms with Gasteiger partial charge in [-0.2, -0.15) is 0 Å². The summed E-state index contributed by atoms with van der Waals surface area (Å²) in [5.41, 5.74) is 0.711. The summed E-state index contributed by atoms with van der Waals surface area (Å²) in [4.78, 5) is 32.2. The van der Waals surface area contributed by atoms with Crippen molar-refractivity contribution in [2.24, 2.45) is 0 Å². The highest BCUT2D eigenvalue weighted by Crippen LogP contribution is 2.25. The molecule has 0 saturated carbocycles. The molecule has 17 heavy (non-hydrogen) atoms. The minimum atomic E-state index is -0.581. The van der Waals surface area contributed by atoms with Crippen LogP contribution >= 0.6 is 0 Å². The van der Waals surface area contributed by atoms with Crippen molar-refractivity contribution in [3.8, 4) is 0 Å². The van der Waals surface area contributed by atoms with Gasteiger partial charge in [0.15, 0.2) is 0 Å². The number of nitrogens with one attached hydrogen (secondary N) is 1. The molecule has 1 N–H and O–H groups in total. The summed E-state index contributed by atoms with van der Waals surface area (Å²) >= 11 is 0. The van der Waals surface area contributed by atoms with Crippen molar-refractivity contribution in [1.82, 2.24) is 0 Å². The van der Waals surface area contributed by atoms with E-state index in [1.165, 1.54) is 19.1 Å². The summed E-state index contributed by atoms with van der Waals surface area (Å²) in [7, 11) is 0. The summed E-state index contributed by atoms with van der Waals surface area (Å²) in [6.07, 6.45) is -0.287. The monoisotopic (exact) mass is 236 g/mol. The molecule has 0 fully saturated rings. The number of carbonyl (C=O) groups excluding carboxylic acids is 2. The molecule has 0 saturated heterocycles. The molecule has 0 heterocycles. The number of rotatable bonds is 4. The van der Waals surface area contributed by atoms with Gasteiger partial charge in [-0.3, -0.25) is 19.7 Å². The van der Waals surface area contributed by atoms with E-state index in [1.54, 1.807) is 13.0 Å². The van der Waals surface area contributed by atoms with Crippen molar-refractivity contribution in [3.05, 3.63) is 33.9 Å². The van der Waals surface area contributed by atoms with E-state index < -0.39 is 10.8 Å². The molecule has 0 bridgehead atoms. The summed E-state index contributed by atoms with van der Waals surface area (Å²) < 4.78 is 0. The van der Waals surface area contributed by atoms with Crippen LogP contribution in [0.1, 0.15) is 18.9 Å². The zero-order valence-corrected chi connectivity index (χ0v) is 9.52. The Morgan fingerprint density at radius 2 is 2.06 bits per heavy atom. The molecule has 6 heteroatoms. The van der Waals surface area contributed by atoms with Crippen molar-refractivity contribution in [2.75, 3.05) is 5.32 Å². The third-order valence-electron chi connectivity index (χ3n) is 2.03. The second kappa shape index (κ2) is 5.20. The number of aryl methyl sites for hydroxylation is 1. The van der Waals surface area contributed by atoms with E-state index in [4.69, 9.17) is 0 Å². The van der Waals surface area contributed by atoms with Gasteiger partial charge < -0.3 is 5.32 Å². The van der Waals surface area contributed by atoms with Crippen molar-refractivity contribution >= 4 is 23.1 Å². The Bertz CT molecular complexity index is 482. The van der Waals surface area contributed by atoms with Gasteiger partial charge >= 0.3 is 0 Å². The lowest BCUT2D eigenvalue weighted by Gasteiger charge is -2.05. The second-order valence-electron chi connectivity index (χ2n) is 3.70. The van der Waals surface area contributed by atoms with Gasteiger partial charge in [-0.05, 0) is 25.5 Å². The minimum absolute atomic E-state index is 0.112. The first-order valence-corrected chi connectivity index (χ1v) is 4.94. The topological polar surface area (TPSA) is 89.3 Å². The number of amides is 1. The van der Waals surface area contributed by atoms with Crippen molar-refractivity contribution in [2.45, 2.75) is 20.3 Å². The van der Waals surface area contributed by atoms with Crippen LogP contribution in [0.4, 0.5) is 11.4 Å². The number of ketones is 1. The van der Waals surface area contributed by atoms with Crippen LogP contribution in [0, 0.1) is 17.0 Å². The molecule has 90 valence electrons. The minimum Gasteiger partial charge on any atom is -0.320 e. The van der Waals surface area contributed by atoms with Crippen LogP contribution in [0.5, 0.6) is 0 Å². The Kier molecular flexibility index (Phi) is 3.92. The second-order valence-corrected chi connectivity index (χ2v) is 3.70. The number of anilines is 1. The Labute approximate surface area is 97.8 Å². The maximum Gasteiger partial charge on any atom is 0.292 e. The molecule has 0 spiro atoms. The fraction of sp³-hybridized carbons (Fsp3) is 0.273. The number of Topliss-reactive ketones (excluding diaryl/α,β-unsaturated/α-hetero) is 1. The number of hydrogen-bond acceptors (Lipinski definition) is 4.